The Hall–Kier alpha value is -1.97. The zero-order valence-corrected chi connectivity index (χ0v) is 7.81. The van der Waals surface area contributed by atoms with E-state index in [2.05, 4.69) is 20.3 Å². The molecule has 0 aliphatic rings. The van der Waals surface area contributed by atoms with E-state index < -0.39 is 0 Å². The fraction of sp³-hybridized carbons (Fsp3) is 0.100. The zero-order valence-electron chi connectivity index (χ0n) is 7.81. The Bertz CT molecular complexity index is 396. The summed E-state index contributed by atoms with van der Waals surface area (Å²) in [5.74, 6) is 0.754. The molecule has 0 aromatic carbocycles. The molecule has 0 aliphatic heterocycles. The fourth-order valence-corrected chi connectivity index (χ4v) is 1.10. The molecular weight excluding hydrogens is 176 g/mol. The lowest BCUT2D eigenvalue weighted by Crippen LogP contribution is -1.94. The van der Waals surface area contributed by atoms with Crippen molar-refractivity contribution in [1.29, 1.82) is 0 Å². The standard InChI is InChI=1S/C10H10N4/c1-11-10-7-13-9(6-14-10)8-4-2-3-5-12-8/h2-7H,1H3,(H,11,14). The van der Waals surface area contributed by atoms with Crippen LogP contribution < -0.4 is 5.32 Å². The maximum absolute atomic E-state index is 4.23. The summed E-state index contributed by atoms with van der Waals surface area (Å²) < 4.78 is 0. The molecule has 2 rings (SSSR count). The van der Waals surface area contributed by atoms with Crippen molar-refractivity contribution in [3.8, 4) is 11.4 Å². The summed E-state index contributed by atoms with van der Waals surface area (Å²) in [5, 5.41) is 2.91. The van der Waals surface area contributed by atoms with E-state index in [1.165, 1.54) is 0 Å². The maximum atomic E-state index is 4.23. The van der Waals surface area contributed by atoms with E-state index in [1.807, 2.05) is 25.2 Å². The van der Waals surface area contributed by atoms with Crippen LogP contribution in [0.1, 0.15) is 0 Å². The Morgan fingerprint density at radius 1 is 1.00 bits per heavy atom. The van der Waals surface area contributed by atoms with Gasteiger partial charge in [-0.1, -0.05) is 6.07 Å². The van der Waals surface area contributed by atoms with Gasteiger partial charge in [0, 0.05) is 13.2 Å². The van der Waals surface area contributed by atoms with Crippen molar-refractivity contribution in [1.82, 2.24) is 15.0 Å². The monoisotopic (exact) mass is 186 g/mol. The number of hydrogen-bond acceptors (Lipinski definition) is 4. The van der Waals surface area contributed by atoms with Crippen molar-refractivity contribution in [3.05, 3.63) is 36.8 Å². The van der Waals surface area contributed by atoms with Gasteiger partial charge >= 0.3 is 0 Å². The second-order valence-electron chi connectivity index (χ2n) is 2.75. The Labute approximate surface area is 82.1 Å². The molecule has 4 nitrogen and oxygen atoms in total. The second-order valence-corrected chi connectivity index (χ2v) is 2.75. The summed E-state index contributed by atoms with van der Waals surface area (Å²) in [6.07, 6.45) is 5.13. The first-order valence-corrected chi connectivity index (χ1v) is 4.31. The third kappa shape index (κ3) is 1.69. The molecule has 70 valence electrons. The number of anilines is 1. The normalized spacial score (nSPS) is 9.79. The first kappa shape index (κ1) is 8.62. The molecule has 0 saturated carbocycles. The number of hydrogen-bond donors (Lipinski definition) is 1. The summed E-state index contributed by atoms with van der Waals surface area (Å²) in [5.41, 5.74) is 1.62. The van der Waals surface area contributed by atoms with Crippen LogP contribution in [-0.4, -0.2) is 22.0 Å². The van der Waals surface area contributed by atoms with Gasteiger partial charge < -0.3 is 5.32 Å². The highest BCUT2D eigenvalue weighted by atomic mass is 15.0. The van der Waals surface area contributed by atoms with Crippen LogP contribution in [-0.2, 0) is 0 Å². The van der Waals surface area contributed by atoms with Gasteiger partial charge in [0.15, 0.2) is 0 Å². The van der Waals surface area contributed by atoms with Gasteiger partial charge in [-0.25, -0.2) is 9.97 Å². The average Bonchev–Trinajstić information content (AvgIpc) is 2.30. The van der Waals surface area contributed by atoms with E-state index in [9.17, 15) is 0 Å². The van der Waals surface area contributed by atoms with E-state index in [0.717, 1.165) is 17.2 Å². The molecule has 0 saturated heterocycles. The topological polar surface area (TPSA) is 50.7 Å². The predicted molar refractivity (Wildman–Crippen MR) is 54.8 cm³/mol. The van der Waals surface area contributed by atoms with Crippen LogP contribution in [0.2, 0.25) is 0 Å². The first-order chi connectivity index (χ1) is 6.90. The minimum Gasteiger partial charge on any atom is -0.372 e. The SMILES string of the molecule is CNc1cnc(-c2ccccn2)cn1. The van der Waals surface area contributed by atoms with Crippen molar-refractivity contribution in [3.63, 3.8) is 0 Å². The van der Waals surface area contributed by atoms with Crippen LogP contribution in [0.15, 0.2) is 36.8 Å². The molecule has 0 unspecified atom stereocenters. The third-order valence-electron chi connectivity index (χ3n) is 1.84. The molecule has 4 heteroatoms. The molecule has 0 spiro atoms. The highest BCUT2D eigenvalue weighted by Gasteiger charge is 1.99. The van der Waals surface area contributed by atoms with Crippen molar-refractivity contribution < 1.29 is 0 Å². The molecule has 1 N–H and O–H groups in total. The largest absolute Gasteiger partial charge is 0.372 e. The van der Waals surface area contributed by atoms with Crippen LogP contribution in [0.4, 0.5) is 5.82 Å². The number of rotatable bonds is 2. The van der Waals surface area contributed by atoms with Crippen molar-refractivity contribution in [2.24, 2.45) is 0 Å². The number of aromatic nitrogens is 3. The van der Waals surface area contributed by atoms with Crippen LogP contribution >= 0.6 is 0 Å². The quantitative estimate of drug-likeness (QED) is 0.773. The van der Waals surface area contributed by atoms with Crippen molar-refractivity contribution >= 4 is 5.82 Å². The van der Waals surface area contributed by atoms with Gasteiger partial charge in [-0.3, -0.25) is 4.98 Å². The summed E-state index contributed by atoms with van der Waals surface area (Å²) in [4.78, 5) is 12.6. The molecule has 0 bridgehead atoms. The van der Waals surface area contributed by atoms with Crippen molar-refractivity contribution in [2.75, 3.05) is 12.4 Å². The van der Waals surface area contributed by atoms with E-state index in [-0.39, 0.29) is 0 Å². The van der Waals surface area contributed by atoms with Gasteiger partial charge in [0.2, 0.25) is 0 Å². The van der Waals surface area contributed by atoms with E-state index in [0.29, 0.717) is 0 Å². The Balaban J connectivity index is 2.34. The molecular formula is C10H10N4. The molecule has 0 fully saturated rings. The van der Waals surface area contributed by atoms with Crippen molar-refractivity contribution in [2.45, 2.75) is 0 Å². The fourth-order valence-electron chi connectivity index (χ4n) is 1.10. The second kappa shape index (κ2) is 3.83. The molecule has 14 heavy (non-hydrogen) atoms. The lowest BCUT2D eigenvalue weighted by atomic mass is 10.3. The maximum Gasteiger partial charge on any atom is 0.144 e. The molecule has 0 aliphatic carbocycles. The van der Waals surface area contributed by atoms with Crippen LogP contribution in [0.5, 0.6) is 0 Å². The Morgan fingerprint density at radius 3 is 2.50 bits per heavy atom. The van der Waals surface area contributed by atoms with Crippen LogP contribution in [0.3, 0.4) is 0 Å². The van der Waals surface area contributed by atoms with E-state index >= 15 is 0 Å². The molecule has 2 heterocycles. The molecule has 0 atom stereocenters. The molecule has 0 amide bonds. The number of nitrogens with zero attached hydrogens (tertiary/aromatic N) is 3. The summed E-state index contributed by atoms with van der Waals surface area (Å²) in [6, 6.07) is 5.71. The van der Waals surface area contributed by atoms with Gasteiger partial charge in [0.05, 0.1) is 18.1 Å². The molecule has 2 aromatic heterocycles. The van der Waals surface area contributed by atoms with Gasteiger partial charge in [0.25, 0.3) is 0 Å². The summed E-state index contributed by atoms with van der Waals surface area (Å²) in [6.45, 7) is 0. The van der Waals surface area contributed by atoms with E-state index in [1.54, 1.807) is 18.6 Å². The Kier molecular flexibility index (Phi) is 2.36. The Morgan fingerprint density at radius 2 is 1.93 bits per heavy atom. The van der Waals surface area contributed by atoms with E-state index in [4.69, 9.17) is 0 Å². The van der Waals surface area contributed by atoms with Crippen LogP contribution in [0, 0.1) is 0 Å². The number of pyridine rings is 1. The summed E-state index contributed by atoms with van der Waals surface area (Å²) in [7, 11) is 1.81. The van der Waals surface area contributed by atoms with Crippen LogP contribution in [0.25, 0.3) is 11.4 Å². The first-order valence-electron chi connectivity index (χ1n) is 4.31. The van der Waals surface area contributed by atoms with Gasteiger partial charge in [-0.2, -0.15) is 0 Å². The third-order valence-corrected chi connectivity index (χ3v) is 1.84. The summed E-state index contributed by atoms with van der Waals surface area (Å²) >= 11 is 0. The number of nitrogens with one attached hydrogen (secondary N) is 1. The predicted octanol–water partition coefficient (Wildman–Crippen LogP) is 1.58. The smallest absolute Gasteiger partial charge is 0.144 e. The lowest BCUT2D eigenvalue weighted by molar-refractivity contribution is 1.17. The van der Waals surface area contributed by atoms with Gasteiger partial charge in [-0.15, -0.1) is 0 Å². The van der Waals surface area contributed by atoms with Gasteiger partial charge in [0.1, 0.15) is 11.5 Å². The minimum atomic E-state index is 0.754. The minimum absolute atomic E-state index is 0.754. The van der Waals surface area contributed by atoms with Gasteiger partial charge in [-0.05, 0) is 12.1 Å². The highest BCUT2D eigenvalue weighted by Crippen LogP contribution is 2.12. The highest BCUT2D eigenvalue weighted by molar-refractivity contribution is 5.53. The molecule has 0 radical (unpaired) electrons. The molecule has 2 aromatic rings. The average molecular weight is 186 g/mol. The lowest BCUT2D eigenvalue weighted by Gasteiger charge is -2.00. The zero-order chi connectivity index (χ0) is 9.80.